The van der Waals surface area contributed by atoms with Gasteiger partial charge in [0.1, 0.15) is 0 Å². The summed E-state index contributed by atoms with van der Waals surface area (Å²) < 4.78 is 38.4. The molecule has 0 aliphatic rings. The van der Waals surface area contributed by atoms with Gasteiger partial charge in [0.2, 0.25) is 0 Å². The standard InChI is InChI=1S/C8H10F3N3O2/c1-14-3-4(5(12)2-6(15)16)7(13-14)8(9,10)11/h3,5H,2,12H2,1H3,(H,15,16). The van der Waals surface area contributed by atoms with Crippen LogP contribution in [-0.4, -0.2) is 20.9 Å². The van der Waals surface area contributed by atoms with Gasteiger partial charge in [0.05, 0.1) is 6.42 Å². The lowest BCUT2D eigenvalue weighted by Gasteiger charge is -2.10. The van der Waals surface area contributed by atoms with Crippen molar-refractivity contribution in [3.05, 3.63) is 17.5 Å². The molecule has 1 heterocycles. The van der Waals surface area contributed by atoms with E-state index in [-0.39, 0.29) is 5.56 Å². The Labute approximate surface area is 88.7 Å². The van der Waals surface area contributed by atoms with E-state index in [9.17, 15) is 18.0 Å². The van der Waals surface area contributed by atoms with Crippen LogP contribution in [0.15, 0.2) is 6.20 Å². The van der Waals surface area contributed by atoms with Crippen LogP contribution in [0.25, 0.3) is 0 Å². The molecule has 0 amide bonds. The van der Waals surface area contributed by atoms with Crippen LogP contribution in [0.4, 0.5) is 13.2 Å². The van der Waals surface area contributed by atoms with E-state index < -0.39 is 30.3 Å². The zero-order chi connectivity index (χ0) is 12.5. The summed E-state index contributed by atoms with van der Waals surface area (Å²) in [5.41, 5.74) is 3.93. The summed E-state index contributed by atoms with van der Waals surface area (Å²) in [5.74, 6) is -1.26. The lowest BCUT2D eigenvalue weighted by Crippen LogP contribution is -2.19. The fourth-order valence-electron chi connectivity index (χ4n) is 1.30. The normalized spacial score (nSPS) is 13.8. The summed E-state index contributed by atoms with van der Waals surface area (Å²) in [6, 6.07) is -1.22. The molecule has 0 radical (unpaired) electrons. The highest BCUT2D eigenvalue weighted by atomic mass is 19.4. The van der Waals surface area contributed by atoms with Crippen LogP contribution in [0.5, 0.6) is 0 Å². The van der Waals surface area contributed by atoms with Crippen LogP contribution in [0.2, 0.25) is 0 Å². The molecule has 0 aromatic carbocycles. The lowest BCUT2D eigenvalue weighted by atomic mass is 10.1. The second-order valence-electron chi connectivity index (χ2n) is 3.31. The Morgan fingerprint density at radius 3 is 2.69 bits per heavy atom. The van der Waals surface area contributed by atoms with Crippen molar-refractivity contribution in [1.82, 2.24) is 9.78 Å². The summed E-state index contributed by atoms with van der Waals surface area (Å²) in [6.45, 7) is 0. The molecule has 3 N–H and O–H groups in total. The molecule has 1 atom stereocenters. The van der Waals surface area contributed by atoms with Crippen molar-refractivity contribution in [3.63, 3.8) is 0 Å². The summed E-state index contributed by atoms with van der Waals surface area (Å²) in [5, 5.41) is 11.7. The largest absolute Gasteiger partial charge is 0.481 e. The van der Waals surface area contributed by atoms with E-state index >= 15 is 0 Å². The van der Waals surface area contributed by atoms with Gasteiger partial charge in [-0.25, -0.2) is 0 Å². The van der Waals surface area contributed by atoms with E-state index in [2.05, 4.69) is 5.10 Å². The molecule has 0 aliphatic carbocycles. The average molecular weight is 237 g/mol. The van der Waals surface area contributed by atoms with Gasteiger partial charge in [-0.1, -0.05) is 0 Å². The van der Waals surface area contributed by atoms with Gasteiger partial charge < -0.3 is 10.8 Å². The van der Waals surface area contributed by atoms with Gasteiger partial charge in [0.15, 0.2) is 5.69 Å². The first-order valence-corrected chi connectivity index (χ1v) is 4.30. The smallest absolute Gasteiger partial charge is 0.435 e. The van der Waals surface area contributed by atoms with Crippen molar-refractivity contribution in [2.45, 2.75) is 18.6 Å². The number of nitrogens with zero attached hydrogens (tertiary/aromatic N) is 2. The van der Waals surface area contributed by atoms with Crippen molar-refractivity contribution < 1.29 is 23.1 Å². The van der Waals surface area contributed by atoms with E-state index in [4.69, 9.17) is 10.8 Å². The van der Waals surface area contributed by atoms with E-state index in [1.807, 2.05) is 0 Å². The van der Waals surface area contributed by atoms with Crippen molar-refractivity contribution in [2.24, 2.45) is 12.8 Å². The minimum atomic E-state index is -4.63. The molecule has 16 heavy (non-hydrogen) atoms. The monoisotopic (exact) mass is 237 g/mol. The first-order chi connectivity index (χ1) is 7.21. The number of carbonyl (C=O) groups is 1. The molecule has 1 rings (SSSR count). The number of carboxylic acid groups (broad SMARTS) is 1. The molecule has 1 aromatic heterocycles. The molecular weight excluding hydrogens is 227 g/mol. The molecule has 0 spiro atoms. The summed E-state index contributed by atoms with van der Waals surface area (Å²) in [7, 11) is 1.31. The molecule has 0 aliphatic heterocycles. The number of alkyl halides is 3. The van der Waals surface area contributed by atoms with Crippen LogP contribution in [0, 0.1) is 0 Å². The molecule has 0 fully saturated rings. The van der Waals surface area contributed by atoms with E-state index in [1.54, 1.807) is 0 Å². The number of halogens is 3. The second kappa shape index (κ2) is 4.12. The number of hydrogen-bond acceptors (Lipinski definition) is 3. The fraction of sp³-hybridized carbons (Fsp3) is 0.500. The molecule has 8 heteroatoms. The summed E-state index contributed by atoms with van der Waals surface area (Å²) in [4.78, 5) is 10.4. The number of nitrogens with two attached hydrogens (primary N) is 1. The predicted octanol–water partition coefficient (Wildman–Crippen LogP) is 0.913. The maximum atomic E-state index is 12.5. The van der Waals surface area contributed by atoms with Gasteiger partial charge in [0.25, 0.3) is 0 Å². The Kier molecular flexibility index (Phi) is 3.22. The highest BCUT2D eigenvalue weighted by molar-refractivity contribution is 5.68. The Morgan fingerprint density at radius 2 is 2.25 bits per heavy atom. The number of aryl methyl sites for hydroxylation is 1. The predicted molar refractivity (Wildman–Crippen MR) is 47.4 cm³/mol. The van der Waals surface area contributed by atoms with Gasteiger partial charge >= 0.3 is 12.1 Å². The Hall–Kier alpha value is -1.57. The van der Waals surface area contributed by atoms with Crippen LogP contribution < -0.4 is 5.73 Å². The summed E-state index contributed by atoms with van der Waals surface area (Å²) >= 11 is 0. The zero-order valence-corrected chi connectivity index (χ0v) is 8.32. The Bertz CT molecular complexity index is 400. The van der Waals surface area contributed by atoms with Crippen LogP contribution in [0.3, 0.4) is 0 Å². The van der Waals surface area contributed by atoms with Crippen LogP contribution >= 0.6 is 0 Å². The van der Waals surface area contributed by atoms with Crippen molar-refractivity contribution in [3.8, 4) is 0 Å². The fourth-order valence-corrected chi connectivity index (χ4v) is 1.30. The molecule has 5 nitrogen and oxygen atoms in total. The van der Waals surface area contributed by atoms with Crippen molar-refractivity contribution >= 4 is 5.97 Å². The first kappa shape index (κ1) is 12.5. The molecule has 0 saturated heterocycles. The molecule has 1 aromatic rings. The van der Waals surface area contributed by atoms with Gasteiger partial charge in [-0.05, 0) is 0 Å². The van der Waals surface area contributed by atoms with Crippen molar-refractivity contribution in [1.29, 1.82) is 0 Å². The van der Waals surface area contributed by atoms with E-state index in [1.165, 1.54) is 7.05 Å². The lowest BCUT2D eigenvalue weighted by molar-refractivity contribution is -0.143. The van der Waals surface area contributed by atoms with E-state index in [0.29, 0.717) is 0 Å². The topological polar surface area (TPSA) is 81.1 Å². The third kappa shape index (κ3) is 2.72. The molecule has 1 unspecified atom stereocenters. The number of carboxylic acids is 1. The highest BCUT2D eigenvalue weighted by Crippen LogP contribution is 2.33. The highest BCUT2D eigenvalue weighted by Gasteiger charge is 2.38. The van der Waals surface area contributed by atoms with Crippen molar-refractivity contribution in [2.75, 3.05) is 0 Å². The second-order valence-corrected chi connectivity index (χ2v) is 3.31. The maximum absolute atomic E-state index is 12.5. The number of hydrogen-bond donors (Lipinski definition) is 2. The minimum absolute atomic E-state index is 0.308. The number of aromatic nitrogens is 2. The minimum Gasteiger partial charge on any atom is -0.481 e. The number of rotatable bonds is 3. The third-order valence-electron chi connectivity index (χ3n) is 1.92. The SMILES string of the molecule is Cn1cc(C(N)CC(=O)O)c(C(F)(F)F)n1. The molecule has 90 valence electrons. The van der Waals surface area contributed by atoms with Gasteiger partial charge in [0, 0.05) is 24.8 Å². The van der Waals surface area contributed by atoms with Gasteiger partial charge in [-0.3, -0.25) is 9.48 Å². The Morgan fingerprint density at radius 1 is 1.69 bits per heavy atom. The zero-order valence-electron chi connectivity index (χ0n) is 8.32. The Balaban J connectivity index is 3.08. The third-order valence-corrected chi connectivity index (χ3v) is 1.92. The number of aliphatic carboxylic acids is 1. The van der Waals surface area contributed by atoms with E-state index in [0.717, 1.165) is 10.9 Å². The molecular formula is C8H10F3N3O2. The molecule has 0 saturated carbocycles. The quantitative estimate of drug-likeness (QED) is 0.818. The molecule has 0 bridgehead atoms. The van der Waals surface area contributed by atoms with Gasteiger partial charge in [-0.15, -0.1) is 0 Å². The van der Waals surface area contributed by atoms with Crippen LogP contribution in [-0.2, 0) is 18.0 Å². The average Bonchev–Trinajstić information content (AvgIpc) is 2.45. The first-order valence-electron chi connectivity index (χ1n) is 4.30. The van der Waals surface area contributed by atoms with Crippen LogP contribution in [0.1, 0.15) is 23.7 Å². The summed E-state index contributed by atoms with van der Waals surface area (Å²) in [6.07, 6.45) is -4.13. The maximum Gasteiger partial charge on any atom is 0.435 e. The van der Waals surface area contributed by atoms with Gasteiger partial charge in [-0.2, -0.15) is 18.3 Å².